The van der Waals surface area contributed by atoms with Gasteiger partial charge in [-0.15, -0.1) is 10.2 Å². The molecule has 1 amide bonds. The second-order valence-corrected chi connectivity index (χ2v) is 10.8. The third-order valence-corrected chi connectivity index (χ3v) is 6.94. The molecule has 0 saturated heterocycles. The maximum Gasteiger partial charge on any atom is 0.291 e. The minimum atomic E-state index is -3.92. The van der Waals surface area contributed by atoms with E-state index in [1.165, 1.54) is 24.3 Å². The lowest BCUT2D eigenvalue weighted by Crippen LogP contribution is -2.18. The van der Waals surface area contributed by atoms with Crippen LogP contribution in [0, 0.1) is 6.92 Å². The van der Waals surface area contributed by atoms with Gasteiger partial charge in [0.25, 0.3) is 22.4 Å². The first-order valence-corrected chi connectivity index (χ1v) is 11.8. The van der Waals surface area contributed by atoms with Crippen molar-refractivity contribution in [3.05, 3.63) is 64.2 Å². The molecule has 1 aromatic heterocycles. The number of aromatic nitrogens is 2. The number of sulfonamides is 1. The van der Waals surface area contributed by atoms with Crippen molar-refractivity contribution < 1.29 is 22.0 Å². The van der Waals surface area contributed by atoms with Crippen LogP contribution >= 0.6 is 11.3 Å². The Labute approximate surface area is 189 Å². The molecule has 0 fully saturated rings. The fraction of sp³-hybridized carbons (Fsp3) is 0.286. The summed E-state index contributed by atoms with van der Waals surface area (Å²) in [7, 11) is -3.92. The SMILES string of the molecule is Cc1ccc(C(C)(C)C)cc1S(=O)(=O)Nc1cccc(C(=O)Nc2nnc(C(F)F)s2)c1. The largest absolute Gasteiger partial charge is 0.296 e. The van der Waals surface area contributed by atoms with Crippen LogP contribution in [0.2, 0.25) is 0 Å². The molecule has 2 aromatic carbocycles. The minimum absolute atomic E-state index is 0.0779. The van der Waals surface area contributed by atoms with Crippen LogP contribution < -0.4 is 10.0 Å². The van der Waals surface area contributed by atoms with Gasteiger partial charge in [-0.05, 0) is 47.7 Å². The highest BCUT2D eigenvalue weighted by atomic mass is 32.2. The van der Waals surface area contributed by atoms with Crippen LogP contribution in [0.4, 0.5) is 19.6 Å². The van der Waals surface area contributed by atoms with Crippen molar-refractivity contribution in [2.75, 3.05) is 10.0 Å². The van der Waals surface area contributed by atoms with Gasteiger partial charge in [-0.25, -0.2) is 17.2 Å². The zero-order valence-electron chi connectivity index (χ0n) is 17.8. The monoisotopic (exact) mass is 480 g/mol. The molecule has 0 atom stereocenters. The van der Waals surface area contributed by atoms with Crippen molar-refractivity contribution in [1.82, 2.24) is 10.2 Å². The molecule has 0 spiro atoms. The molecule has 11 heteroatoms. The maximum atomic E-state index is 13.0. The zero-order valence-corrected chi connectivity index (χ0v) is 19.4. The van der Waals surface area contributed by atoms with Crippen LogP contribution in [0.3, 0.4) is 0 Å². The molecule has 3 aromatic rings. The number of rotatable bonds is 6. The highest BCUT2D eigenvalue weighted by Crippen LogP contribution is 2.28. The third-order valence-electron chi connectivity index (χ3n) is 4.57. The molecular formula is C21H22F2N4O3S2. The van der Waals surface area contributed by atoms with Crippen molar-refractivity contribution >= 4 is 38.1 Å². The third kappa shape index (κ3) is 5.46. The van der Waals surface area contributed by atoms with E-state index in [1.54, 1.807) is 19.1 Å². The average molecular weight is 481 g/mol. The Balaban J connectivity index is 1.83. The molecule has 0 unspecified atom stereocenters. The second kappa shape index (κ2) is 8.91. The first-order valence-electron chi connectivity index (χ1n) is 9.54. The molecule has 0 radical (unpaired) electrons. The molecule has 2 N–H and O–H groups in total. The van der Waals surface area contributed by atoms with Gasteiger partial charge in [0.05, 0.1) is 4.90 Å². The van der Waals surface area contributed by atoms with Crippen LogP contribution in [-0.4, -0.2) is 24.5 Å². The van der Waals surface area contributed by atoms with Crippen molar-refractivity contribution in [3.63, 3.8) is 0 Å². The van der Waals surface area contributed by atoms with Crippen LogP contribution in [0.15, 0.2) is 47.4 Å². The molecule has 3 rings (SSSR count). The Bertz CT molecular complexity index is 1250. The standard InChI is InChI=1S/C21H22F2N4O3S2/c1-12-8-9-14(21(2,3)4)11-16(12)32(29,30)27-15-7-5-6-13(10-15)18(28)24-20-26-25-19(31-20)17(22)23/h5-11,17,27H,1-4H3,(H,24,26,28). The van der Waals surface area contributed by atoms with Crippen molar-refractivity contribution in [3.8, 4) is 0 Å². The van der Waals surface area contributed by atoms with E-state index in [1.807, 2.05) is 26.8 Å². The maximum absolute atomic E-state index is 13.0. The van der Waals surface area contributed by atoms with Gasteiger partial charge in [0.2, 0.25) is 5.13 Å². The van der Waals surface area contributed by atoms with Crippen LogP contribution in [0.1, 0.15) is 53.7 Å². The van der Waals surface area contributed by atoms with E-state index in [0.29, 0.717) is 16.9 Å². The van der Waals surface area contributed by atoms with Gasteiger partial charge >= 0.3 is 0 Å². The van der Waals surface area contributed by atoms with Crippen LogP contribution in [0.25, 0.3) is 0 Å². The van der Waals surface area contributed by atoms with Gasteiger partial charge in [-0.2, -0.15) is 0 Å². The first kappa shape index (κ1) is 23.7. The Morgan fingerprint density at radius 2 is 1.81 bits per heavy atom. The highest BCUT2D eigenvalue weighted by Gasteiger charge is 2.22. The van der Waals surface area contributed by atoms with Crippen molar-refractivity contribution in [1.29, 1.82) is 0 Å². The fourth-order valence-electron chi connectivity index (χ4n) is 2.83. The van der Waals surface area contributed by atoms with E-state index >= 15 is 0 Å². The number of benzene rings is 2. The molecule has 170 valence electrons. The lowest BCUT2D eigenvalue weighted by atomic mass is 9.87. The van der Waals surface area contributed by atoms with E-state index in [4.69, 9.17) is 0 Å². The molecular weight excluding hydrogens is 458 g/mol. The van der Waals surface area contributed by atoms with Crippen molar-refractivity contribution in [2.24, 2.45) is 0 Å². The number of halogens is 2. The highest BCUT2D eigenvalue weighted by molar-refractivity contribution is 7.92. The summed E-state index contributed by atoms with van der Waals surface area (Å²) in [5.41, 5.74) is 1.54. The summed E-state index contributed by atoms with van der Waals surface area (Å²) in [5.74, 6) is -0.631. The Hall–Kier alpha value is -2.92. The smallest absolute Gasteiger partial charge is 0.291 e. The molecule has 32 heavy (non-hydrogen) atoms. The van der Waals surface area contributed by atoms with Crippen LogP contribution in [0.5, 0.6) is 0 Å². The number of nitrogens with zero attached hydrogens (tertiary/aromatic N) is 2. The predicted molar refractivity (Wildman–Crippen MR) is 120 cm³/mol. The van der Waals surface area contributed by atoms with E-state index in [9.17, 15) is 22.0 Å². The number of aryl methyl sites for hydroxylation is 1. The summed E-state index contributed by atoms with van der Waals surface area (Å²) in [6.45, 7) is 7.68. The Kier molecular flexibility index (Phi) is 6.61. The quantitative estimate of drug-likeness (QED) is 0.509. The van der Waals surface area contributed by atoms with Gasteiger partial charge in [0.1, 0.15) is 0 Å². The molecule has 1 heterocycles. The lowest BCUT2D eigenvalue weighted by Gasteiger charge is -2.21. The molecule has 0 aliphatic rings. The van der Waals surface area contributed by atoms with Gasteiger partial charge in [-0.3, -0.25) is 14.8 Å². The van der Waals surface area contributed by atoms with E-state index in [0.717, 1.165) is 5.56 Å². The average Bonchev–Trinajstić information content (AvgIpc) is 3.16. The first-order chi connectivity index (χ1) is 14.9. The predicted octanol–water partition coefficient (Wildman–Crippen LogP) is 5.13. The van der Waals surface area contributed by atoms with Gasteiger partial charge in [0.15, 0.2) is 5.01 Å². The molecule has 0 saturated carbocycles. The Morgan fingerprint density at radius 1 is 1.09 bits per heavy atom. The number of alkyl halides is 2. The van der Waals surface area contributed by atoms with Gasteiger partial charge in [0, 0.05) is 11.3 Å². The molecule has 0 aliphatic carbocycles. The molecule has 0 bridgehead atoms. The lowest BCUT2D eigenvalue weighted by molar-refractivity contribution is 0.102. The number of carbonyl (C=O) groups excluding carboxylic acids is 1. The number of hydrogen-bond donors (Lipinski definition) is 2. The zero-order chi connectivity index (χ0) is 23.7. The van der Waals surface area contributed by atoms with Gasteiger partial charge in [-0.1, -0.05) is 50.3 Å². The summed E-state index contributed by atoms with van der Waals surface area (Å²) in [4.78, 5) is 12.6. The van der Waals surface area contributed by atoms with E-state index in [-0.39, 0.29) is 26.7 Å². The van der Waals surface area contributed by atoms with E-state index in [2.05, 4.69) is 20.2 Å². The second-order valence-electron chi connectivity index (χ2n) is 8.12. The summed E-state index contributed by atoms with van der Waals surface area (Å²) < 4.78 is 53.9. The Morgan fingerprint density at radius 3 is 2.44 bits per heavy atom. The summed E-state index contributed by atoms with van der Waals surface area (Å²) in [5, 5.41) is 8.61. The molecule has 0 aliphatic heterocycles. The summed E-state index contributed by atoms with van der Waals surface area (Å²) in [6.07, 6.45) is -2.78. The van der Waals surface area contributed by atoms with E-state index < -0.39 is 27.4 Å². The van der Waals surface area contributed by atoms with Gasteiger partial charge < -0.3 is 0 Å². The number of amides is 1. The fourth-order valence-corrected chi connectivity index (χ4v) is 4.75. The number of carbonyl (C=O) groups is 1. The molecule has 7 nitrogen and oxygen atoms in total. The number of hydrogen-bond acceptors (Lipinski definition) is 6. The van der Waals surface area contributed by atoms with Crippen molar-refractivity contribution in [2.45, 2.75) is 44.4 Å². The number of nitrogens with one attached hydrogen (secondary N) is 2. The minimum Gasteiger partial charge on any atom is -0.296 e. The van der Waals surface area contributed by atoms with Crippen LogP contribution in [-0.2, 0) is 15.4 Å². The number of anilines is 2. The summed E-state index contributed by atoms with van der Waals surface area (Å²) >= 11 is 0.565. The summed E-state index contributed by atoms with van der Waals surface area (Å²) in [6, 6.07) is 11.1. The normalized spacial score (nSPS) is 12.1. The topological polar surface area (TPSA) is 101 Å².